The van der Waals surface area contributed by atoms with Crippen molar-refractivity contribution in [1.29, 1.82) is 0 Å². The molecular formula is C14H13ClFNO. The molecule has 2 aromatic rings. The first-order chi connectivity index (χ1) is 8.68. The first-order valence-electron chi connectivity index (χ1n) is 5.56. The number of hydrogen-bond acceptors (Lipinski definition) is 2. The molecule has 18 heavy (non-hydrogen) atoms. The molecule has 4 heteroatoms. The van der Waals surface area contributed by atoms with Crippen molar-refractivity contribution >= 4 is 11.6 Å². The van der Waals surface area contributed by atoms with E-state index in [1.807, 2.05) is 18.2 Å². The fourth-order valence-corrected chi connectivity index (χ4v) is 1.88. The van der Waals surface area contributed by atoms with Crippen molar-refractivity contribution < 1.29 is 9.13 Å². The molecule has 0 saturated carbocycles. The molecule has 2 nitrogen and oxygen atoms in total. The van der Waals surface area contributed by atoms with Gasteiger partial charge in [0.1, 0.15) is 6.61 Å². The van der Waals surface area contributed by atoms with Gasteiger partial charge in [-0.3, -0.25) is 0 Å². The lowest BCUT2D eigenvalue weighted by atomic mass is 10.1. The number of ether oxygens (including phenoxy) is 1. The van der Waals surface area contributed by atoms with Crippen molar-refractivity contribution in [1.82, 2.24) is 0 Å². The molecule has 2 N–H and O–H groups in total. The molecule has 0 heterocycles. The average Bonchev–Trinajstić information content (AvgIpc) is 2.38. The largest absolute Gasteiger partial charge is 0.489 e. The van der Waals surface area contributed by atoms with Crippen LogP contribution in [0, 0.1) is 5.82 Å². The van der Waals surface area contributed by atoms with Crippen molar-refractivity contribution in [3.63, 3.8) is 0 Å². The molecule has 0 spiro atoms. The zero-order valence-electron chi connectivity index (χ0n) is 9.64. The molecule has 0 bridgehead atoms. The first-order valence-corrected chi connectivity index (χ1v) is 5.93. The molecular weight excluding hydrogens is 253 g/mol. The van der Waals surface area contributed by atoms with Gasteiger partial charge in [0.15, 0.2) is 11.6 Å². The van der Waals surface area contributed by atoms with Crippen molar-refractivity contribution in [3.8, 4) is 5.75 Å². The van der Waals surface area contributed by atoms with Gasteiger partial charge >= 0.3 is 0 Å². The Hall–Kier alpha value is -1.58. The van der Waals surface area contributed by atoms with Crippen LogP contribution in [0.5, 0.6) is 5.75 Å². The minimum absolute atomic E-state index is 0.171. The Balaban J connectivity index is 2.03. The average molecular weight is 266 g/mol. The van der Waals surface area contributed by atoms with Crippen LogP contribution in [0.1, 0.15) is 11.6 Å². The third kappa shape index (κ3) is 3.00. The highest BCUT2D eigenvalue weighted by molar-refractivity contribution is 6.31. The molecule has 0 saturated heterocycles. The number of para-hydroxylation sites is 1. The third-order valence-corrected chi connectivity index (χ3v) is 2.90. The molecule has 0 fully saturated rings. The Labute approximate surface area is 110 Å². The Bertz CT molecular complexity index is 533. The summed E-state index contributed by atoms with van der Waals surface area (Å²) in [6.07, 6.45) is 0. The van der Waals surface area contributed by atoms with E-state index in [1.165, 1.54) is 6.07 Å². The lowest BCUT2D eigenvalue weighted by Crippen LogP contribution is -2.19. The van der Waals surface area contributed by atoms with E-state index in [1.54, 1.807) is 24.3 Å². The van der Waals surface area contributed by atoms with Crippen LogP contribution in [0.2, 0.25) is 5.02 Å². The highest BCUT2D eigenvalue weighted by Gasteiger charge is 2.11. The molecule has 0 aliphatic carbocycles. The first kappa shape index (κ1) is 12.9. The van der Waals surface area contributed by atoms with E-state index in [9.17, 15) is 4.39 Å². The summed E-state index contributed by atoms with van der Waals surface area (Å²) >= 11 is 6.02. The minimum atomic E-state index is -0.399. The van der Waals surface area contributed by atoms with Crippen LogP contribution in [0.4, 0.5) is 4.39 Å². The molecule has 0 aliphatic heterocycles. The molecule has 2 rings (SSSR count). The Morgan fingerprint density at radius 1 is 1.11 bits per heavy atom. The van der Waals surface area contributed by atoms with Gasteiger partial charge in [0.25, 0.3) is 0 Å². The molecule has 0 aliphatic rings. The summed E-state index contributed by atoms with van der Waals surface area (Å²) in [5.41, 5.74) is 6.75. The van der Waals surface area contributed by atoms with Gasteiger partial charge < -0.3 is 10.5 Å². The van der Waals surface area contributed by atoms with Gasteiger partial charge in [-0.1, -0.05) is 41.9 Å². The molecule has 0 amide bonds. The van der Waals surface area contributed by atoms with E-state index < -0.39 is 11.9 Å². The van der Waals surface area contributed by atoms with Crippen LogP contribution in [0.3, 0.4) is 0 Å². The van der Waals surface area contributed by atoms with Gasteiger partial charge in [-0.2, -0.15) is 0 Å². The highest BCUT2D eigenvalue weighted by atomic mass is 35.5. The van der Waals surface area contributed by atoms with E-state index in [2.05, 4.69) is 0 Å². The predicted octanol–water partition coefficient (Wildman–Crippen LogP) is 3.56. The predicted molar refractivity (Wildman–Crippen MR) is 70.3 cm³/mol. The van der Waals surface area contributed by atoms with Crippen LogP contribution >= 0.6 is 11.6 Å². The van der Waals surface area contributed by atoms with Crippen LogP contribution in [-0.4, -0.2) is 6.61 Å². The maximum Gasteiger partial charge on any atom is 0.165 e. The summed E-state index contributed by atoms with van der Waals surface area (Å²) in [6, 6.07) is 13.1. The summed E-state index contributed by atoms with van der Waals surface area (Å²) in [7, 11) is 0. The number of halogens is 2. The fourth-order valence-electron chi connectivity index (χ4n) is 1.61. The van der Waals surface area contributed by atoms with Crippen LogP contribution < -0.4 is 10.5 Å². The Morgan fingerprint density at radius 2 is 1.78 bits per heavy atom. The van der Waals surface area contributed by atoms with Crippen molar-refractivity contribution in [2.75, 3.05) is 6.61 Å². The lowest BCUT2D eigenvalue weighted by Gasteiger charge is -2.15. The third-order valence-electron chi connectivity index (χ3n) is 2.56. The zero-order valence-corrected chi connectivity index (χ0v) is 10.4. The van der Waals surface area contributed by atoms with Gasteiger partial charge in [0.05, 0.1) is 6.04 Å². The second kappa shape index (κ2) is 5.85. The summed E-state index contributed by atoms with van der Waals surface area (Å²) < 4.78 is 18.7. The maximum absolute atomic E-state index is 13.3. The second-order valence-electron chi connectivity index (χ2n) is 3.87. The topological polar surface area (TPSA) is 35.2 Å². The number of rotatable bonds is 4. The maximum atomic E-state index is 13.3. The van der Waals surface area contributed by atoms with Crippen LogP contribution in [0.15, 0.2) is 48.5 Å². The summed E-state index contributed by atoms with van der Waals surface area (Å²) in [5.74, 6) is -0.205. The summed E-state index contributed by atoms with van der Waals surface area (Å²) in [5, 5.41) is 0.585. The van der Waals surface area contributed by atoms with E-state index in [-0.39, 0.29) is 12.4 Å². The van der Waals surface area contributed by atoms with Gasteiger partial charge in [0, 0.05) is 5.02 Å². The second-order valence-corrected chi connectivity index (χ2v) is 4.28. The fraction of sp³-hybridized carbons (Fsp3) is 0.143. The van der Waals surface area contributed by atoms with Gasteiger partial charge in [-0.15, -0.1) is 0 Å². The van der Waals surface area contributed by atoms with Crippen molar-refractivity contribution in [3.05, 3.63) is 64.9 Å². The molecule has 0 radical (unpaired) electrons. The Kier molecular flexibility index (Phi) is 4.18. The lowest BCUT2D eigenvalue weighted by molar-refractivity contribution is 0.277. The monoisotopic (exact) mass is 265 g/mol. The quantitative estimate of drug-likeness (QED) is 0.917. The zero-order chi connectivity index (χ0) is 13.0. The van der Waals surface area contributed by atoms with Gasteiger partial charge in [-0.25, -0.2) is 4.39 Å². The number of hydrogen-bond donors (Lipinski definition) is 1. The van der Waals surface area contributed by atoms with Crippen LogP contribution in [-0.2, 0) is 0 Å². The number of nitrogens with two attached hydrogens (primary N) is 1. The number of benzene rings is 2. The molecule has 94 valence electrons. The van der Waals surface area contributed by atoms with Crippen LogP contribution in [0.25, 0.3) is 0 Å². The standard InChI is InChI=1S/C14H13ClFNO/c15-11-6-2-1-5-10(11)13(17)9-18-14-8-4-3-7-12(14)16/h1-8,13H,9,17H2. The van der Waals surface area contributed by atoms with E-state index >= 15 is 0 Å². The summed E-state index contributed by atoms with van der Waals surface area (Å²) in [6.45, 7) is 0.171. The van der Waals surface area contributed by atoms with E-state index in [4.69, 9.17) is 22.1 Å². The minimum Gasteiger partial charge on any atom is -0.489 e. The van der Waals surface area contributed by atoms with E-state index in [0.717, 1.165) is 5.56 Å². The van der Waals surface area contributed by atoms with E-state index in [0.29, 0.717) is 5.02 Å². The molecule has 0 aromatic heterocycles. The molecule has 1 atom stereocenters. The van der Waals surface area contributed by atoms with Crippen molar-refractivity contribution in [2.24, 2.45) is 5.73 Å². The SMILES string of the molecule is NC(COc1ccccc1F)c1ccccc1Cl. The summed E-state index contributed by atoms with van der Waals surface area (Å²) in [4.78, 5) is 0. The van der Waals surface area contributed by atoms with Crippen molar-refractivity contribution in [2.45, 2.75) is 6.04 Å². The smallest absolute Gasteiger partial charge is 0.165 e. The normalized spacial score (nSPS) is 12.2. The Morgan fingerprint density at radius 3 is 2.50 bits per heavy atom. The van der Waals surface area contributed by atoms with Gasteiger partial charge in [0.2, 0.25) is 0 Å². The highest BCUT2D eigenvalue weighted by Crippen LogP contribution is 2.22. The molecule has 1 unspecified atom stereocenters. The van der Waals surface area contributed by atoms with Gasteiger partial charge in [-0.05, 0) is 23.8 Å². The molecule has 2 aromatic carbocycles.